The zero-order chi connectivity index (χ0) is 12.8. The lowest BCUT2D eigenvalue weighted by Crippen LogP contribution is -2.26. The summed E-state index contributed by atoms with van der Waals surface area (Å²) < 4.78 is 1.13. The molecule has 1 nitrogen and oxygen atoms in total. The minimum absolute atomic E-state index is 0.527. The van der Waals surface area contributed by atoms with Gasteiger partial charge in [0.2, 0.25) is 0 Å². The maximum Gasteiger partial charge on any atom is 0.0181 e. The Morgan fingerprint density at radius 2 is 2.00 bits per heavy atom. The first-order valence-electron chi connectivity index (χ1n) is 6.18. The van der Waals surface area contributed by atoms with Crippen molar-refractivity contribution >= 4 is 22.0 Å². The fourth-order valence-corrected chi connectivity index (χ4v) is 1.97. The maximum absolute atomic E-state index is 3.51. The van der Waals surface area contributed by atoms with Crippen molar-refractivity contribution < 1.29 is 0 Å². The van der Waals surface area contributed by atoms with Gasteiger partial charge in [0.25, 0.3) is 0 Å². The molecule has 0 spiro atoms. The van der Waals surface area contributed by atoms with Crippen LogP contribution in [0.3, 0.4) is 0 Å². The van der Waals surface area contributed by atoms with Crippen LogP contribution >= 0.6 is 15.9 Å². The highest BCUT2D eigenvalue weighted by atomic mass is 79.9. The smallest absolute Gasteiger partial charge is 0.0181 e. The number of hydrogen-bond donors (Lipinski definition) is 1. The Bertz CT molecular complexity index is 380. The molecule has 0 amide bonds. The monoisotopic (exact) mass is 295 g/mol. The lowest BCUT2D eigenvalue weighted by Gasteiger charge is -2.15. The van der Waals surface area contributed by atoms with Crippen molar-refractivity contribution in [3.05, 3.63) is 39.9 Å². The second kappa shape index (κ2) is 6.97. The van der Waals surface area contributed by atoms with Crippen LogP contribution in [0.4, 0.5) is 0 Å². The van der Waals surface area contributed by atoms with Crippen molar-refractivity contribution in [1.29, 1.82) is 0 Å². The van der Waals surface area contributed by atoms with Gasteiger partial charge in [-0.05, 0) is 23.6 Å². The van der Waals surface area contributed by atoms with E-state index in [1.807, 2.05) is 0 Å². The maximum atomic E-state index is 3.51. The highest BCUT2D eigenvalue weighted by molar-refractivity contribution is 9.10. The Morgan fingerprint density at radius 1 is 1.29 bits per heavy atom. The first kappa shape index (κ1) is 14.5. The standard InChI is InChI=1S/C15H22BrN/c1-11(2)14(10-17-12(3)4)8-13-6-5-7-15(16)9-13/h5-9,11-12,17H,10H2,1-4H3. The number of rotatable bonds is 5. The van der Waals surface area contributed by atoms with Crippen molar-refractivity contribution in [2.75, 3.05) is 6.54 Å². The summed E-state index contributed by atoms with van der Waals surface area (Å²) in [6.07, 6.45) is 2.28. The van der Waals surface area contributed by atoms with Crippen molar-refractivity contribution in [2.45, 2.75) is 33.7 Å². The zero-order valence-corrected chi connectivity index (χ0v) is 12.7. The van der Waals surface area contributed by atoms with Crippen LogP contribution < -0.4 is 5.32 Å². The molecule has 1 rings (SSSR count). The molecular formula is C15H22BrN. The Labute approximate surface area is 113 Å². The molecule has 94 valence electrons. The van der Waals surface area contributed by atoms with Gasteiger partial charge in [0, 0.05) is 17.1 Å². The second-order valence-corrected chi connectivity index (χ2v) is 5.88. The fraction of sp³-hybridized carbons (Fsp3) is 0.467. The van der Waals surface area contributed by atoms with E-state index in [4.69, 9.17) is 0 Å². The van der Waals surface area contributed by atoms with E-state index < -0.39 is 0 Å². The van der Waals surface area contributed by atoms with E-state index in [-0.39, 0.29) is 0 Å². The third kappa shape index (κ3) is 5.51. The lowest BCUT2D eigenvalue weighted by molar-refractivity contribution is 0.593. The molecule has 0 atom stereocenters. The number of hydrogen-bond acceptors (Lipinski definition) is 1. The van der Waals surface area contributed by atoms with E-state index in [1.165, 1.54) is 11.1 Å². The molecule has 0 saturated carbocycles. The van der Waals surface area contributed by atoms with Crippen LogP contribution in [0.25, 0.3) is 6.08 Å². The van der Waals surface area contributed by atoms with Crippen LogP contribution in [0.2, 0.25) is 0 Å². The Balaban J connectivity index is 2.82. The third-order valence-electron chi connectivity index (χ3n) is 2.66. The summed E-state index contributed by atoms with van der Waals surface area (Å²) in [5.41, 5.74) is 2.70. The summed E-state index contributed by atoms with van der Waals surface area (Å²) >= 11 is 3.51. The van der Waals surface area contributed by atoms with Crippen molar-refractivity contribution in [3.63, 3.8) is 0 Å². The van der Waals surface area contributed by atoms with E-state index in [9.17, 15) is 0 Å². The molecule has 0 saturated heterocycles. The van der Waals surface area contributed by atoms with Gasteiger partial charge in [0.05, 0.1) is 0 Å². The molecule has 0 bridgehead atoms. The number of nitrogens with one attached hydrogen (secondary N) is 1. The van der Waals surface area contributed by atoms with E-state index >= 15 is 0 Å². The quantitative estimate of drug-likeness (QED) is 0.844. The van der Waals surface area contributed by atoms with Gasteiger partial charge in [-0.3, -0.25) is 0 Å². The average Bonchev–Trinajstić information content (AvgIpc) is 2.23. The van der Waals surface area contributed by atoms with Gasteiger partial charge in [0.15, 0.2) is 0 Å². The highest BCUT2D eigenvalue weighted by Crippen LogP contribution is 2.17. The minimum Gasteiger partial charge on any atom is -0.311 e. The van der Waals surface area contributed by atoms with Crippen molar-refractivity contribution in [2.24, 2.45) is 5.92 Å². The van der Waals surface area contributed by atoms with Crippen LogP contribution in [0, 0.1) is 5.92 Å². The molecule has 2 heteroatoms. The Kier molecular flexibility index (Phi) is 5.93. The lowest BCUT2D eigenvalue weighted by atomic mass is 10.00. The molecule has 0 radical (unpaired) electrons. The summed E-state index contributed by atoms with van der Waals surface area (Å²) in [4.78, 5) is 0. The van der Waals surface area contributed by atoms with Gasteiger partial charge in [0.1, 0.15) is 0 Å². The average molecular weight is 296 g/mol. The van der Waals surface area contributed by atoms with E-state index in [0.29, 0.717) is 12.0 Å². The van der Waals surface area contributed by atoms with Gasteiger partial charge in [-0.2, -0.15) is 0 Å². The van der Waals surface area contributed by atoms with Crippen molar-refractivity contribution in [1.82, 2.24) is 5.32 Å². The SMILES string of the molecule is CC(C)NCC(=Cc1cccc(Br)c1)C(C)C. The molecule has 17 heavy (non-hydrogen) atoms. The van der Waals surface area contributed by atoms with Gasteiger partial charge in [-0.15, -0.1) is 0 Å². The molecule has 0 aliphatic carbocycles. The highest BCUT2D eigenvalue weighted by Gasteiger charge is 2.04. The summed E-state index contributed by atoms with van der Waals surface area (Å²) in [6, 6.07) is 8.95. The van der Waals surface area contributed by atoms with Crippen LogP contribution in [0.5, 0.6) is 0 Å². The van der Waals surface area contributed by atoms with Gasteiger partial charge >= 0.3 is 0 Å². The van der Waals surface area contributed by atoms with Gasteiger partial charge < -0.3 is 5.32 Å². The molecule has 0 aliphatic heterocycles. The minimum atomic E-state index is 0.527. The molecular weight excluding hydrogens is 274 g/mol. The predicted molar refractivity (Wildman–Crippen MR) is 80.1 cm³/mol. The molecule has 0 heterocycles. The van der Waals surface area contributed by atoms with Gasteiger partial charge in [-0.1, -0.05) is 67.4 Å². The van der Waals surface area contributed by atoms with Crippen molar-refractivity contribution in [3.8, 4) is 0 Å². The van der Waals surface area contributed by atoms with Crippen LogP contribution in [0.1, 0.15) is 33.3 Å². The number of halogens is 1. The fourth-order valence-electron chi connectivity index (χ4n) is 1.55. The predicted octanol–water partition coefficient (Wildman–Crippen LogP) is 4.49. The summed E-state index contributed by atoms with van der Waals surface area (Å²) in [5, 5.41) is 3.48. The molecule has 0 fully saturated rings. The molecule has 1 aromatic rings. The van der Waals surface area contributed by atoms with Gasteiger partial charge in [-0.25, -0.2) is 0 Å². The van der Waals surface area contributed by atoms with Crippen LogP contribution in [-0.2, 0) is 0 Å². The van der Waals surface area contributed by atoms with E-state index in [1.54, 1.807) is 0 Å². The Hall–Kier alpha value is -0.600. The van der Waals surface area contributed by atoms with Crippen LogP contribution in [0.15, 0.2) is 34.3 Å². The third-order valence-corrected chi connectivity index (χ3v) is 3.15. The summed E-state index contributed by atoms with van der Waals surface area (Å²) in [6.45, 7) is 9.80. The van der Waals surface area contributed by atoms with E-state index in [2.05, 4.69) is 79.3 Å². The largest absolute Gasteiger partial charge is 0.311 e. The zero-order valence-electron chi connectivity index (χ0n) is 11.1. The summed E-state index contributed by atoms with van der Waals surface area (Å²) in [5.74, 6) is 0.570. The molecule has 0 aromatic heterocycles. The summed E-state index contributed by atoms with van der Waals surface area (Å²) in [7, 11) is 0. The number of benzene rings is 1. The topological polar surface area (TPSA) is 12.0 Å². The molecule has 0 unspecified atom stereocenters. The Morgan fingerprint density at radius 3 is 2.53 bits per heavy atom. The van der Waals surface area contributed by atoms with E-state index in [0.717, 1.165) is 11.0 Å². The van der Waals surface area contributed by atoms with Crippen LogP contribution in [-0.4, -0.2) is 12.6 Å². The normalized spacial score (nSPS) is 12.5. The molecule has 0 aliphatic rings. The molecule has 1 aromatic carbocycles. The first-order valence-corrected chi connectivity index (χ1v) is 6.97. The molecule has 1 N–H and O–H groups in total. The second-order valence-electron chi connectivity index (χ2n) is 4.96. The first-order chi connectivity index (χ1) is 7.99.